The molecule has 0 atom stereocenters. The summed E-state index contributed by atoms with van der Waals surface area (Å²) < 4.78 is 11.8. The van der Waals surface area contributed by atoms with E-state index < -0.39 is 5.97 Å². The first-order valence-electron chi connectivity index (χ1n) is 11.7. The molecule has 3 aromatic rings. The van der Waals surface area contributed by atoms with Crippen LogP contribution in [0.2, 0.25) is 0 Å². The van der Waals surface area contributed by atoms with Crippen LogP contribution >= 0.6 is 0 Å². The largest absolute Gasteiger partial charge is 0.469 e. The lowest BCUT2D eigenvalue weighted by molar-refractivity contribution is -0.140. The fourth-order valence-corrected chi connectivity index (χ4v) is 4.44. The molecule has 35 heavy (non-hydrogen) atoms. The van der Waals surface area contributed by atoms with Gasteiger partial charge in [-0.25, -0.2) is 9.48 Å². The number of amides is 1. The summed E-state index contributed by atoms with van der Waals surface area (Å²) in [5, 5.41) is 4.59. The number of rotatable bonds is 7. The maximum absolute atomic E-state index is 12.7. The van der Waals surface area contributed by atoms with Crippen molar-refractivity contribution in [2.24, 2.45) is 0 Å². The van der Waals surface area contributed by atoms with E-state index in [0.29, 0.717) is 18.5 Å². The first kappa shape index (κ1) is 24.2. The average Bonchev–Trinajstić information content (AvgIpc) is 3.18. The number of hydrogen-bond acceptors (Lipinski definition) is 6. The van der Waals surface area contributed by atoms with Crippen molar-refractivity contribution in [3.63, 3.8) is 0 Å². The summed E-state index contributed by atoms with van der Waals surface area (Å²) in [6, 6.07) is 14.7. The third kappa shape index (κ3) is 5.26. The zero-order valence-corrected chi connectivity index (χ0v) is 20.2. The van der Waals surface area contributed by atoms with Crippen molar-refractivity contribution in [1.82, 2.24) is 9.78 Å². The minimum absolute atomic E-state index is 0.232. The van der Waals surface area contributed by atoms with E-state index in [4.69, 9.17) is 9.47 Å². The molecule has 0 unspecified atom stereocenters. The fourth-order valence-electron chi connectivity index (χ4n) is 4.44. The third-order valence-corrected chi connectivity index (χ3v) is 6.33. The van der Waals surface area contributed by atoms with Crippen molar-refractivity contribution < 1.29 is 23.9 Å². The Morgan fingerprint density at radius 2 is 1.77 bits per heavy atom. The normalized spacial score (nSPS) is 12.7. The second-order valence-electron chi connectivity index (χ2n) is 8.54. The molecular weight excluding hydrogens is 446 g/mol. The number of para-hydroxylation sites is 1. The smallest absolute Gasteiger partial charge is 0.338 e. The van der Waals surface area contributed by atoms with Crippen LogP contribution in [0.1, 0.15) is 45.7 Å². The summed E-state index contributed by atoms with van der Waals surface area (Å²) in [4.78, 5) is 38.5. The molecular formula is C27H29N3O5. The predicted octanol–water partition coefficient (Wildman–Crippen LogP) is 3.73. The Labute approximate surface area is 204 Å². The van der Waals surface area contributed by atoms with E-state index >= 15 is 0 Å². The van der Waals surface area contributed by atoms with Crippen molar-refractivity contribution in [2.75, 3.05) is 25.2 Å². The van der Waals surface area contributed by atoms with Crippen LogP contribution in [0.15, 0.2) is 48.5 Å². The van der Waals surface area contributed by atoms with Crippen LogP contribution in [-0.2, 0) is 31.9 Å². The standard InChI is InChI=1S/C27H29N3O5/c1-18-23(14-15-26(32)34-3)19(2)30(28-18)22-12-10-21(11-13-22)27(33)35-17-25(31)29-16-6-8-20-7-4-5-9-24(20)29/h4-5,7,9-13H,6,8,14-17H2,1-3H3. The zero-order valence-electron chi connectivity index (χ0n) is 20.2. The van der Waals surface area contributed by atoms with Crippen molar-refractivity contribution in [3.8, 4) is 5.69 Å². The van der Waals surface area contributed by atoms with E-state index in [2.05, 4.69) is 5.10 Å². The first-order chi connectivity index (χ1) is 16.9. The molecule has 1 aliphatic rings. The molecule has 0 fully saturated rings. The van der Waals surface area contributed by atoms with Gasteiger partial charge in [-0.2, -0.15) is 5.10 Å². The molecule has 182 valence electrons. The van der Waals surface area contributed by atoms with Crippen LogP contribution in [0.25, 0.3) is 5.69 Å². The minimum Gasteiger partial charge on any atom is -0.469 e. The molecule has 0 aliphatic carbocycles. The van der Waals surface area contributed by atoms with Crippen molar-refractivity contribution in [2.45, 2.75) is 39.5 Å². The second kappa shape index (κ2) is 10.5. The molecule has 4 rings (SSSR count). The van der Waals surface area contributed by atoms with Crippen molar-refractivity contribution in [3.05, 3.63) is 76.6 Å². The van der Waals surface area contributed by atoms with Crippen LogP contribution in [0.5, 0.6) is 0 Å². The molecule has 1 amide bonds. The number of aromatic nitrogens is 2. The number of nitrogens with zero attached hydrogens (tertiary/aromatic N) is 3. The molecule has 2 aromatic carbocycles. The van der Waals surface area contributed by atoms with Crippen LogP contribution in [0.3, 0.4) is 0 Å². The summed E-state index contributed by atoms with van der Waals surface area (Å²) in [6.07, 6.45) is 2.66. The molecule has 0 spiro atoms. The lowest BCUT2D eigenvalue weighted by Crippen LogP contribution is -2.38. The van der Waals surface area contributed by atoms with Crippen molar-refractivity contribution >= 4 is 23.5 Å². The maximum Gasteiger partial charge on any atom is 0.338 e. The molecule has 0 N–H and O–H groups in total. The lowest BCUT2D eigenvalue weighted by Gasteiger charge is -2.29. The van der Waals surface area contributed by atoms with E-state index in [1.807, 2.05) is 38.1 Å². The van der Waals surface area contributed by atoms with Gasteiger partial charge in [0.25, 0.3) is 5.91 Å². The number of ether oxygens (including phenoxy) is 2. The molecule has 8 heteroatoms. The predicted molar refractivity (Wildman–Crippen MR) is 131 cm³/mol. The minimum atomic E-state index is -0.553. The summed E-state index contributed by atoms with van der Waals surface area (Å²) in [7, 11) is 1.38. The summed E-state index contributed by atoms with van der Waals surface area (Å²) in [6.45, 7) is 4.15. The quantitative estimate of drug-likeness (QED) is 0.484. The van der Waals surface area contributed by atoms with E-state index in [9.17, 15) is 14.4 Å². The molecule has 1 aliphatic heterocycles. The summed E-state index contributed by atoms with van der Waals surface area (Å²) >= 11 is 0. The van der Waals surface area contributed by atoms with Gasteiger partial charge in [-0.05, 0) is 74.6 Å². The Morgan fingerprint density at radius 1 is 1.03 bits per heavy atom. The van der Waals surface area contributed by atoms with Gasteiger partial charge in [-0.3, -0.25) is 9.59 Å². The second-order valence-corrected chi connectivity index (χ2v) is 8.54. The average molecular weight is 476 g/mol. The Morgan fingerprint density at radius 3 is 2.51 bits per heavy atom. The molecule has 8 nitrogen and oxygen atoms in total. The molecule has 0 bridgehead atoms. The van der Waals surface area contributed by atoms with E-state index in [1.165, 1.54) is 7.11 Å². The monoisotopic (exact) mass is 475 g/mol. The van der Waals surface area contributed by atoms with E-state index in [0.717, 1.165) is 46.7 Å². The molecule has 0 saturated carbocycles. The summed E-state index contributed by atoms with van der Waals surface area (Å²) in [5.41, 5.74) is 5.92. The Hall–Kier alpha value is -3.94. The Kier molecular flexibility index (Phi) is 7.29. The Balaban J connectivity index is 1.39. The highest BCUT2D eigenvalue weighted by Gasteiger charge is 2.23. The fraction of sp³-hybridized carbons (Fsp3) is 0.333. The third-order valence-electron chi connectivity index (χ3n) is 6.33. The number of esters is 2. The number of methoxy groups -OCH3 is 1. The van der Waals surface area contributed by atoms with Gasteiger partial charge in [0.15, 0.2) is 6.61 Å². The van der Waals surface area contributed by atoms with Gasteiger partial charge in [0.1, 0.15) is 0 Å². The first-order valence-corrected chi connectivity index (χ1v) is 11.7. The SMILES string of the molecule is COC(=O)CCc1c(C)nn(-c2ccc(C(=O)OCC(=O)N3CCCc4ccccc43)cc2)c1C. The van der Waals surface area contributed by atoms with Crippen molar-refractivity contribution in [1.29, 1.82) is 0 Å². The maximum atomic E-state index is 12.7. The number of carbonyl (C=O) groups is 3. The number of hydrogen-bond donors (Lipinski definition) is 0. The van der Waals surface area contributed by atoms with Crippen LogP contribution in [0.4, 0.5) is 5.69 Å². The van der Waals surface area contributed by atoms with E-state index in [1.54, 1.807) is 33.8 Å². The van der Waals surface area contributed by atoms with E-state index in [-0.39, 0.29) is 24.9 Å². The van der Waals surface area contributed by atoms with Crippen LogP contribution < -0.4 is 4.90 Å². The number of fused-ring (bicyclic) bond motifs is 1. The van der Waals surface area contributed by atoms with Gasteiger partial charge in [0.2, 0.25) is 0 Å². The summed E-state index contributed by atoms with van der Waals surface area (Å²) in [5.74, 6) is -1.05. The molecule has 1 aromatic heterocycles. The lowest BCUT2D eigenvalue weighted by atomic mass is 10.0. The highest BCUT2D eigenvalue weighted by molar-refractivity contribution is 5.98. The van der Waals surface area contributed by atoms with Gasteiger partial charge < -0.3 is 14.4 Å². The van der Waals surface area contributed by atoms with Gasteiger partial charge in [0.05, 0.1) is 24.1 Å². The Bertz CT molecular complexity index is 1250. The zero-order chi connectivity index (χ0) is 24.9. The number of carbonyl (C=O) groups excluding carboxylic acids is 3. The number of benzene rings is 2. The van der Waals surface area contributed by atoms with Gasteiger partial charge in [-0.1, -0.05) is 18.2 Å². The van der Waals surface area contributed by atoms with Crippen LogP contribution in [0, 0.1) is 13.8 Å². The van der Waals surface area contributed by atoms with Gasteiger partial charge in [0, 0.05) is 24.3 Å². The number of aryl methyl sites for hydroxylation is 2. The van der Waals surface area contributed by atoms with Crippen LogP contribution in [-0.4, -0.2) is 47.9 Å². The topological polar surface area (TPSA) is 90.7 Å². The highest BCUT2D eigenvalue weighted by Crippen LogP contribution is 2.27. The molecule has 2 heterocycles. The highest BCUT2D eigenvalue weighted by atomic mass is 16.5. The van der Waals surface area contributed by atoms with Gasteiger partial charge in [-0.15, -0.1) is 0 Å². The number of anilines is 1. The molecule has 0 saturated heterocycles. The molecule has 0 radical (unpaired) electrons. The van der Waals surface area contributed by atoms with Gasteiger partial charge >= 0.3 is 11.9 Å².